The monoisotopic (exact) mass is 198 g/mol. The normalized spacial score (nSPS) is 14.6. The van der Waals surface area contributed by atoms with Crippen molar-refractivity contribution in [1.82, 2.24) is 0 Å². The number of benzene rings is 1. The van der Waals surface area contributed by atoms with Crippen LogP contribution in [0.15, 0.2) is 24.3 Å². The van der Waals surface area contributed by atoms with E-state index in [9.17, 15) is 0 Å². The average molecular weight is 198 g/mol. The van der Waals surface area contributed by atoms with Crippen LogP contribution < -0.4 is 9.47 Å². The molecule has 2 N–H and O–H groups in total. The lowest BCUT2D eigenvalue weighted by atomic mass is 10.3. The Kier molecular flexibility index (Phi) is 3.73. The number of aliphatic hydroxyl groups is 2. The summed E-state index contributed by atoms with van der Waals surface area (Å²) in [6, 6.07) is 6.83. The Labute approximate surface area is 82.7 Å². The van der Waals surface area contributed by atoms with E-state index in [2.05, 4.69) is 0 Å². The van der Waals surface area contributed by atoms with Gasteiger partial charge in [0, 0.05) is 0 Å². The van der Waals surface area contributed by atoms with E-state index in [1.165, 1.54) is 13.8 Å². The molecule has 0 heterocycles. The molecular formula is C10H14O4. The molecule has 0 amide bonds. The molecule has 4 nitrogen and oxygen atoms in total. The Morgan fingerprint density at radius 1 is 0.929 bits per heavy atom. The first-order valence-electron chi connectivity index (χ1n) is 4.38. The van der Waals surface area contributed by atoms with Gasteiger partial charge in [-0.15, -0.1) is 0 Å². The van der Waals surface area contributed by atoms with E-state index in [0.717, 1.165) is 0 Å². The van der Waals surface area contributed by atoms with Crippen molar-refractivity contribution in [2.75, 3.05) is 0 Å². The van der Waals surface area contributed by atoms with Gasteiger partial charge in [0.1, 0.15) is 0 Å². The van der Waals surface area contributed by atoms with Crippen molar-refractivity contribution in [2.45, 2.75) is 26.4 Å². The topological polar surface area (TPSA) is 58.9 Å². The molecule has 78 valence electrons. The maximum Gasteiger partial charge on any atom is 0.194 e. The summed E-state index contributed by atoms with van der Waals surface area (Å²) >= 11 is 0. The van der Waals surface area contributed by atoms with Crippen molar-refractivity contribution in [3.05, 3.63) is 24.3 Å². The molecule has 0 aliphatic rings. The zero-order valence-corrected chi connectivity index (χ0v) is 8.18. The third kappa shape index (κ3) is 3.24. The first-order chi connectivity index (χ1) is 6.59. The lowest BCUT2D eigenvalue weighted by molar-refractivity contribution is -0.0210. The van der Waals surface area contributed by atoms with Crippen LogP contribution in [0.2, 0.25) is 0 Å². The third-order valence-corrected chi connectivity index (χ3v) is 1.44. The molecule has 0 fully saturated rings. The fraction of sp³-hybridized carbons (Fsp3) is 0.400. The molecule has 0 aliphatic heterocycles. The first kappa shape index (κ1) is 10.8. The SMILES string of the molecule is C[C@@H](O)Oc1ccccc1O[C@@H](C)O. The second-order valence-corrected chi connectivity index (χ2v) is 2.88. The highest BCUT2D eigenvalue weighted by molar-refractivity contribution is 5.39. The van der Waals surface area contributed by atoms with Gasteiger partial charge in [0.2, 0.25) is 0 Å². The van der Waals surface area contributed by atoms with Crippen molar-refractivity contribution >= 4 is 0 Å². The van der Waals surface area contributed by atoms with Crippen LogP contribution in [0.3, 0.4) is 0 Å². The van der Waals surface area contributed by atoms with Crippen LogP contribution in [0.1, 0.15) is 13.8 Å². The molecular weight excluding hydrogens is 184 g/mol. The van der Waals surface area contributed by atoms with Crippen LogP contribution >= 0.6 is 0 Å². The standard InChI is InChI=1S/C10H14O4/c1-7(11)13-9-5-3-4-6-10(9)14-8(2)12/h3-8,11-12H,1-2H3/t7-,8-/m0/s1. The van der Waals surface area contributed by atoms with Crippen LogP contribution in [-0.2, 0) is 0 Å². The van der Waals surface area contributed by atoms with Crippen LogP contribution in [0.25, 0.3) is 0 Å². The lowest BCUT2D eigenvalue weighted by Crippen LogP contribution is -2.14. The summed E-state index contributed by atoms with van der Waals surface area (Å²) in [5.74, 6) is 0.812. The quantitative estimate of drug-likeness (QED) is 0.712. The molecule has 2 atom stereocenters. The van der Waals surface area contributed by atoms with Crippen molar-refractivity contribution in [3.8, 4) is 11.5 Å². The molecule has 1 aromatic carbocycles. The van der Waals surface area contributed by atoms with Gasteiger partial charge < -0.3 is 19.7 Å². The molecule has 4 heteroatoms. The zero-order valence-electron chi connectivity index (χ0n) is 8.18. The molecule has 14 heavy (non-hydrogen) atoms. The first-order valence-corrected chi connectivity index (χ1v) is 4.38. The number of ether oxygens (including phenoxy) is 2. The number of aliphatic hydroxyl groups excluding tert-OH is 2. The number of hydrogen-bond acceptors (Lipinski definition) is 4. The Bertz CT molecular complexity index is 254. The summed E-state index contributed by atoms with van der Waals surface area (Å²) < 4.78 is 10.1. The van der Waals surface area contributed by atoms with E-state index >= 15 is 0 Å². The molecule has 0 saturated heterocycles. The summed E-state index contributed by atoms with van der Waals surface area (Å²) in [6.07, 6.45) is -1.82. The largest absolute Gasteiger partial charge is 0.462 e. The summed E-state index contributed by atoms with van der Waals surface area (Å²) in [5.41, 5.74) is 0. The van der Waals surface area contributed by atoms with Crippen LogP contribution in [-0.4, -0.2) is 22.8 Å². The maximum absolute atomic E-state index is 9.02. The van der Waals surface area contributed by atoms with E-state index < -0.39 is 12.6 Å². The zero-order chi connectivity index (χ0) is 10.6. The smallest absolute Gasteiger partial charge is 0.194 e. The minimum atomic E-state index is -0.909. The molecule has 0 bridgehead atoms. The van der Waals surface area contributed by atoms with Crippen LogP contribution in [0.5, 0.6) is 11.5 Å². The van der Waals surface area contributed by atoms with Gasteiger partial charge in [0.05, 0.1) is 0 Å². The summed E-state index contributed by atoms with van der Waals surface area (Å²) in [6.45, 7) is 3.00. The van der Waals surface area contributed by atoms with Crippen molar-refractivity contribution < 1.29 is 19.7 Å². The Morgan fingerprint density at radius 3 is 1.57 bits per heavy atom. The maximum atomic E-state index is 9.02. The molecule has 0 radical (unpaired) electrons. The second-order valence-electron chi connectivity index (χ2n) is 2.88. The van der Waals surface area contributed by atoms with Gasteiger partial charge >= 0.3 is 0 Å². The molecule has 0 aliphatic carbocycles. The fourth-order valence-electron chi connectivity index (χ4n) is 1.01. The molecule has 0 spiro atoms. The van der Waals surface area contributed by atoms with Crippen LogP contribution in [0, 0.1) is 0 Å². The highest BCUT2D eigenvalue weighted by Crippen LogP contribution is 2.27. The number of hydrogen-bond donors (Lipinski definition) is 2. The minimum Gasteiger partial charge on any atom is -0.462 e. The number of para-hydroxylation sites is 2. The van der Waals surface area contributed by atoms with E-state index in [4.69, 9.17) is 19.7 Å². The lowest BCUT2D eigenvalue weighted by Gasteiger charge is -2.15. The Balaban J connectivity index is 2.80. The predicted octanol–water partition coefficient (Wildman–Crippen LogP) is 1.12. The Morgan fingerprint density at radius 2 is 1.29 bits per heavy atom. The van der Waals surface area contributed by atoms with Gasteiger partial charge in [-0.25, -0.2) is 0 Å². The van der Waals surface area contributed by atoms with E-state index in [1.807, 2.05) is 0 Å². The van der Waals surface area contributed by atoms with Gasteiger partial charge in [0.25, 0.3) is 0 Å². The molecule has 0 aromatic heterocycles. The predicted molar refractivity (Wildman–Crippen MR) is 51.1 cm³/mol. The number of rotatable bonds is 4. The molecule has 0 unspecified atom stereocenters. The van der Waals surface area contributed by atoms with Gasteiger partial charge in [-0.2, -0.15) is 0 Å². The molecule has 1 aromatic rings. The van der Waals surface area contributed by atoms with Crippen molar-refractivity contribution in [1.29, 1.82) is 0 Å². The van der Waals surface area contributed by atoms with E-state index in [0.29, 0.717) is 11.5 Å². The van der Waals surface area contributed by atoms with E-state index in [1.54, 1.807) is 24.3 Å². The summed E-state index contributed by atoms with van der Waals surface area (Å²) in [4.78, 5) is 0. The second kappa shape index (κ2) is 4.83. The average Bonchev–Trinajstić information content (AvgIpc) is 2.06. The van der Waals surface area contributed by atoms with Gasteiger partial charge in [-0.05, 0) is 26.0 Å². The van der Waals surface area contributed by atoms with E-state index in [-0.39, 0.29) is 0 Å². The Hall–Kier alpha value is -1.26. The third-order valence-electron chi connectivity index (χ3n) is 1.44. The van der Waals surface area contributed by atoms with Gasteiger partial charge in [-0.1, -0.05) is 12.1 Å². The molecule has 0 saturated carbocycles. The summed E-state index contributed by atoms with van der Waals surface area (Å²) in [5, 5.41) is 18.0. The fourth-order valence-corrected chi connectivity index (χ4v) is 1.01. The van der Waals surface area contributed by atoms with Crippen molar-refractivity contribution in [3.63, 3.8) is 0 Å². The minimum absolute atomic E-state index is 0.406. The van der Waals surface area contributed by atoms with Gasteiger partial charge in [0.15, 0.2) is 24.1 Å². The molecule has 1 rings (SSSR count). The summed E-state index contributed by atoms with van der Waals surface area (Å²) in [7, 11) is 0. The highest BCUT2D eigenvalue weighted by atomic mass is 16.6. The van der Waals surface area contributed by atoms with Gasteiger partial charge in [-0.3, -0.25) is 0 Å². The van der Waals surface area contributed by atoms with Crippen LogP contribution in [0.4, 0.5) is 0 Å². The van der Waals surface area contributed by atoms with Crippen molar-refractivity contribution in [2.24, 2.45) is 0 Å². The highest BCUT2D eigenvalue weighted by Gasteiger charge is 2.08.